The highest BCUT2D eigenvalue weighted by Crippen LogP contribution is 2.18. The maximum absolute atomic E-state index is 12.0. The summed E-state index contributed by atoms with van der Waals surface area (Å²) in [6, 6.07) is 9.92. The number of alkyl halides is 3. The van der Waals surface area contributed by atoms with Crippen molar-refractivity contribution in [1.29, 1.82) is 0 Å². The molecule has 1 heterocycles. The quantitative estimate of drug-likeness (QED) is 0.939. The highest BCUT2D eigenvalue weighted by atomic mass is 19.4. The van der Waals surface area contributed by atoms with Gasteiger partial charge < -0.3 is 5.32 Å². The van der Waals surface area contributed by atoms with Crippen LogP contribution in [0.25, 0.3) is 11.1 Å². The molecule has 2 aromatic rings. The van der Waals surface area contributed by atoms with Crippen LogP contribution in [0.1, 0.15) is 10.4 Å². The van der Waals surface area contributed by atoms with Crippen LogP contribution in [-0.4, -0.2) is 23.6 Å². The number of halogens is 3. The molecule has 0 fully saturated rings. The molecule has 2 rings (SSSR count). The van der Waals surface area contributed by atoms with Gasteiger partial charge in [-0.25, -0.2) is 0 Å². The van der Waals surface area contributed by atoms with Crippen molar-refractivity contribution in [3.05, 3.63) is 54.4 Å². The number of nitrogens with zero attached hydrogens (tertiary/aromatic N) is 1. The lowest BCUT2D eigenvalue weighted by molar-refractivity contribution is -0.123. The van der Waals surface area contributed by atoms with E-state index in [0.717, 1.165) is 11.1 Å². The Morgan fingerprint density at radius 1 is 1.10 bits per heavy atom. The Balaban J connectivity index is 2.07. The van der Waals surface area contributed by atoms with E-state index < -0.39 is 18.6 Å². The molecular formula is C14H11F3N2O. The van der Waals surface area contributed by atoms with Gasteiger partial charge in [-0.3, -0.25) is 9.78 Å². The SMILES string of the molecule is O=C(NCC(F)(F)F)c1ccc(-c2cccnc2)cc1. The van der Waals surface area contributed by atoms with Crippen LogP contribution in [0.2, 0.25) is 0 Å². The number of hydrogen-bond donors (Lipinski definition) is 1. The molecule has 0 aliphatic heterocycles. The van der Waals surface area contributed by atoms with Crippen LogP contribution in [0.3, 0.4) is 0 Å². The molecule has 1 N–H and O–H groups in total. The second-order valence-electron chi connectivity index (χ2n) is 4.12. The third kappa shape index (κ3) is 3.81. The second-order valence-corrected chi connectivity index (χ2v) is 4.12. The van der Waals surface area contributed by atoms with Crippen molar-refractivity contribution >= 4 is 5.91 Å². The predicted molar refractivity (Wildman–Crippen MR) is 68.1 cm³/mol. The first-order valence-corrected chi connectivity index (χ1v) is 5.81. The summed E-state index contributed by atoms with van der Waals surface area (Å²) in [6.07, 6.45) is -1.10. The van der Waals surface area contributed by atoms with Crippen molar-refractivity contribution < 1.29 is 18.0 Å². The van der Waals surface area contributed by atoms with Crippen LogP contribution >= 0.6 is 0 Å². The Bertz CT molecular complexity index is 580. The number of carbonyl (C=O) groups excluding carboxylic acids is 1. The van der Waals surface area contributed by atoms with Crippen LogP contribution in [0, 0.1) is 0 Å². The maximum atomic E-state index is 12.0. The molecule has 3 nitrogen and oxygen atoms in total. The minimum atomic E-state index is -4.41. The van der Waals surface area contributed by atoms with E-state index >= 15 is 0 Å². The first-order valence-electron chi connectivity index (χ1n) is 5.81. The average molecular weight is 280 g/mol. The van der Waals surface area contributed by atoms with Gasteiger partial charge in [0, 0.05) is 18.0 Å². The zero-order chi connectivity index (χ0) is 14.6. The van der Waals surface area contributed by atoms with Crippen LogP contribution in [0.4, 0.5) is 13.2 Å². The summed E-state index contributed by atoms with van der Waals surface area (Å²) in [5.41, 5.74) is 1.89. The molecule has 0 spiro atoms. The average Bonchev–Trinajstić information content (AvgIpc) is 2.45. The Labute approximate surface area is 113 Å². The molecule has 0 atom stereocenters. The van der Waals surface area contributed by atoms with Gasteiger partial charge in [0.25, 0.3) is 5.91 Å². The summed E-state index contributed by atoms with van der Waals surface area (Å²) in [4.78, 5) is 15.5. The summed E-state index contributed by atoms with van der Waals surface area (Å²) in [6.45, 7) is -1.34. The third-order valence-electron chi connectivity index (χ3n) is 2.59. The lowest BCUT2D eigenvalue weighted by Crippen LogP contribution is -2.33. The lowest BCUT2D eigenvalue weighted by Gasteiger charge is -2.08. The molecule has 0 radical (unpaired) electrons. The van der Waals surface area contributed by atoms with Crippen LogP contribution in [-0.2, 0) is 0 Å². The van der Waals surface area contributed by atoms with E-state index in [1.165, 1.54) is 12.1 Å². The summed E-state index contributed by atoms with van der Waals surface area (Å²) < 4.78 is 36.0. The van der Waals surface area contributed by atoms with E-state index in [-0.39, 0.29) is 5.56 Å². The van der Waals surface area contributed by atoms with E-state index in [1.54, 1.807) is 30.6 Å². The molecule has 0 aliphatic rings. The predicted octanol–water partition coefficient (Wildman–Crippen LogP) is 3.04. The number of rotatable bonds is 3. The largest absolute Gasteiger partial charge is 0.405 e. The van der Waals surface area contributed by atoms with Gasteiger partial charge in [0.15, 0.2) is 0 Å². The van der Waals surface area contributed by atoms with Crippen molar-refractivity contribution in [2.75, 3.05) is 6.54 Å². The number of aromatic nitrogens is 1. The van der Waals surface area contributed by atoms with E-state index in [1.807, 2.05) is 11.4 Å². The molecule has 1 amide bonds. The molecule has 0 saturated heterocycles. The molecule has 104 valence electrons. The Morgan fingerprint density at radius 2 is 1.80 bits per heavy atom. The van der Waals surface area contributed by atoms with Crippen molar-refractivity contribution in [2.24, 2.45) is 0 Å². The van der Waals surface area contributed by atoms with Crippen molar-refractivity contribution in [1.82, 2.24) is 10.3 Å². The molecule has 0 unspecified atom stereocenters. The summed E-state index contributed by atoms with van der Waals surface area (Å²) in [7, 11) is 0. The van der Waals surface area contributed by atoms with Gasteiger partial charge in [0.05, 0.1) is 0 Å². The first kappa shape index (κ1) is 14.0. The zero-order valence-electron chi connectivity index (χ0n) is 10.3. The summed E-state index contributed by atoms with van der Waals surface area (Å²) in [5.74, 6) is -0.750. The third-order valence-corrected chi connectivity index (χ3v) is 2.59. The molecule has 20 heavy (non-hydrogen) atoms. The Kier molecular flexibility index (Phi) is 4.02. The van der Waals surface area contributed by atoms with Gasteiger partial charge in [0.2, 0.25) is 0 Å². The smallest absolute Gasteiger partial charge is 0.343 e. The number of carbonyl (C=O) groups is 1. The van der Waals surface area contributed by atoms with Crippen molar-refractivity contribution in [3.8, 4) is 11.1 Å². The highest BCUT2D eigenvalue weighted by Gasteiger charge is 2.27. The number of benzene rings is 1. The van der Waals surface area contributed by atoms with E-state index in [4.69, 9.17) is 0 Å². The van der Waals surface area contributed by atoms with Gasteiger partial charge >= 0.3 is 6.18 Å². The van der Waals surface area contributed by atoms with E-state index in [9.17, 15) is 18.0 Å². The van der Waals surface area contributed by atoms with Crippen LogP contribution < -0.4 is 5.32 Å². The minimum Gasteiger partial charge on any atom is -0.343 e. The zero-order valence-corrected chi connectivity index (χ0v) is 10.3. The fourth-order valence-electron chi connectivity index (χ4n) is 1.63. The highest BCUT2D eigenvalue weighted by molar-refractivity contribution is 5.94. The number of hydrogen-bond acceptors (Lipinski definition) is 2. The lowest BCUT2D eigenvalue weighted by atomic mass is 10.1. The van der Waals surface area contributed by atoms with Crippen LogP contribution in [0.15, 0.2) is 48.8 Å². The van der Waals surface area contributed by atoms with Crippen molar-refractivity contribution in [2.45, 2.75) is 6.18 Å². The molecule has 0 bridgehead atoms. The molecule has 1 aromatic heterocycles. The van der Waals surface area contributed by atoms with E-state index in [0.29, 0.717) is 0 Å². The number of amides is 1. The Morgan fingerprint density at radius 3 is 2.35 bits per heavy atom. The fourth-order valence-corrected chi connectivity index (χ4v) is 1.63. The molecular weight excluding hydrogens is 269 g/mol. The minimum absolute atomic E-state index is 0.182. The number of nitrogens with one attached hydrogen (secondary N) is 1. The van der Waals surface area contributed by atoms with Gasteiger partial charge in [-0.2, -0.15) is 13.2 Å². The summed E-state index contributed by atoms with van der Waals surface area (Å²) >= 11 is 0. The molecule has 1 aromatic carbocycles. The van der Waals surface area contributed by atoms with Crippen LogP contribution in [0.5, 0.6) is 0 Å². The van der Waals surface area contributed by atoms with Gasteiger partial charge in [0.1, 0.15) is 6.54 Å². The van der Waals surface area contributed by atoms with Gasteiger partial charge in [-0.05, 0) is 29.3 Å². The van der Waals surface area contributed by atoms with E-state index in [2.05, 4.69) is 4.98 Å². The topological polar surface area (TPSA) is 42.0 Å². The number of pyridine rings is 1. The molecule has 6 heteroatoms. The van der Waals surface area contributed by atoms with Crippen molar-refractivity contribution in [3.63, 3.8) is 0 Å². The Hall–Kier alpha value is -2.37. The first-order chi connectivity index (χ1) is 9.46. The standard InChI is InChI=1S/C14H11F3N2O/c15-14(16,17)9-19-13(20)11-5-3-10(4-6-11)12-2-1-7-18-8-12/h1-8H,9H2,(H,19,20). The normalized spacial score (nSPS) is 11.2. The monoisotopic (exact) mass is 280 g/mol. The second kappa shape index (κ2) is 5.73. The van der Waals surface area contributed by atoms with Gasteiger partial charge in [-0.15, -0.1) is 0 Å². The summed E-state index contributed by atoms with van der Waals surface area (Å²) in [5, 5.41) is 1.82. The maximum Gasteiger partial charge on any atom is 0.405 e. The molecule has 0 aliphatic carbocycles. The van der Waals surface area contributed by atoms with Gasteiger partial charge in [-0.1, -0.05) is 18.2 Å². The fraction of sp³-hybridized carbons (Fsp3) is 0.143. The molecule has 0 saturated carbocycles.